The molecule has 0 fully saturated rings. The first-order valence-corrected chi connectivity index (χ1v) is 5.01. The Morgan fingerprint density at radius 3 is 2.93 bits per heavy atom. The molecule has 82 valence electrons. The van der Waals surface area contributed by atoms with Crippen molar-refractivity contribution in [1.82, 2.24) is 0 Å². The maximum absolute atomic E-state index is 13.0. The third-order valence-corrected chi connectivity index (χ3v) is 2.29. The molecule has 1 aliphatic rings. The summed E-state index contributed by atoms with van der Waals surface area (Å²) in [6.45, 7) is 0.905. The van der Waals surface area contributed by atoms with Gasteiger partial charge >= 0.3 is 0 Å². The Morgan fingerprint density at radius 1 is 1.43 bits per heavy atom. The van der Waals surface area contributed by atoms with Gasteiger partial charge in [0.05, 0.1) is 12.7 Å². The highest BCUT2D eigenvalue weighted by molar-refractivity contribution is 4.97. The highest BCUT2D eigenvalue weighted by Crippen LogP contribution is 2.27. The maximum Gasteiger partial charge on any atom is 0.266 e. The first-order chi connectivity index (χ1) is 6.64. The second-order valence-corrected chi connectivity index (χ2v) is 3.56. The molecule has 2 nitrogen and oxygen atoms in total. The zero-order valence-corrected chi connectivity index (χ0v) is 8.22. The lowest BCUT2D eigenvalue weighted by molar-refractivity contribution is -0.00232. The van der Waals surface area contributed by atoms with Gasteiger partial charge in [-0.3, -0.25) is 0 Å². The second-order valence-electron chi connectivity index (χ2n) is 3.56. The van der Waals surface area contributed by atoms with Gasteiger partial charge in [0, 0.05) is 13.0 Å². The smallest absolute Gasteiger partial charge is 0.266 e. The largest absolute Gasteiger partial charge is 0.377 e. The van der Waals surface area contributed by atoms with Crippen molar-refractivity contribution >= 4 is 0 Å². The molecule has 0 radical (unpaired) electrons. The normalized spacial score (nSPS) is 29.2. The van der Waals surface area contributed by atoms with Crippen LogP contribution in [0.4, 0.5) is 8.78 Å². The van der Waals surface area contributed by atoms with Crippen molar-refractivity contribution in [3.8, 4) is 0 Å². The SMILES string of the molecule is NCCOC1CC/C=C\C(F)(F)CC1. The van der Waals surface area contributed by atoms with Crippen molar-refractivity contribution in [2.45, 2.75) is 37.7 Å². The molecule has 14 heavy (non-hydrogen) atoms. The predicted molar refractivity (Wildman–Crippen MR) is 51.3 cm³/mol. The molecule has 0 amide bonds. The summed E-state index contributed by atoms with van der Waals surface area (Å²) in [5.41, 5.74) is 5.28. The number of halogens is 2. The molecule has 1 atom stereocenters. The summed E-state index contributed by atoms with van der Waals surface area (Å²) in [6, 6.07) is 0. The highest BCUT2D eigenvalue weighted by Gasteiger charge is 2.27. The quantitative estimate of drug-likeness (QED) is 0.716. The lowest BCUT2D eigenvalue weighted by atomic mass is 10.0. The van der Waals surface area contributed by atoms with Crippen LogP contribution in [0.15, 0.2) is 12.2 Å². The monoisotopic (exact) mass is 205 g/mol. The highest BCUT2D eigenvalue weighted by atomic mass is 19.3. The molecule has 2 N–H and O–H groups in total. The number of hydrogen-bond donors (Lipinski definition) is 1. The lowest BCUT2D eigenvalue weighted by Crippen LogP contribution is -2.23. The standard InChI is InChI=1S/C10H17F2NO/c11-10(12)5-2-1-3-9(4-6-10)14-8-7-13/h2,5,9H,1,3-4,6-8,13H2/b5-2-. The van der Waals surface area contributed by atoms with Crippen molar-refractivity contribution in [1.29, 1.82) is 0 Å². The molecular formula is C10H17F2NO. The Labute approximate surface area is 83.1 Å². The van der Waals surface area contributed by atoms with Gasteiger partial charge in [-0.15, -0.1) is 0 Å². The summed E-state index contributed by atoms with van der Waals surface area (Å²) in [4.78, 5) is 0. The van der Waals surface area contributed by atoms with E-state index >= 15 is 0 Å². The molecular weight excluding hydrogens is 188 g/mol. The van der Waals surface area contributed by atoms with Crippen LogP contribution >= 0.6 is 0 Å². The van der Waals surface area contributed by atoms with Crippen LogP contribution in [-0.4, -0.2) is 25.2 Å². The van der Waals surface area contributed by atoms with Gasteiger partial charge in [-0.25, -0.2) is 8.78 Å². The van der Waals surface area contributed by atoms with E-state index in [1.807, 2.05) is 0 Å². The Hall–Kier alpha value is -0.480. The summed E-state index contributed by atoms with van der Waals surface area (Å²) in [5.74, 6) is -2.66. The van der Waals surface area contributed by atoms with Gasteiger partial charge in [0.15, 0.2) is 0 Å². The first kappa shape index (κ1) is 11.6. The Kier molecular flexibility index (Phi) is 4.48. The van der Waals surface area contributed by atoms with E-state index in [-0.39, 0.29) is 12.5 Å². The number of alkyl halides is 2. The molecule has 1 rings (SSSR count). The van der Waals surface area contributed by atoms with Crippen LogP contribution in [0.3, 0.4) is 0 Å². The molecule has 0 aliphatic heterocycles. The van der Waals surface area contributed by atoms with Crippen molar-refractivity contribution in [2.24, 2.45) is 5.73 Å². The van der Waals surface area contributed by atoms with Gasteiger partial charge < -0.3 is 10.5 Å². The van der Waals surface area contributed by atoms with Crippen LogP contribution in [0.5, 0.6) is 0 Å². The van der Waals surface area contributed by atoms with E-state index in [1.54, 1.807) is 0 Å². The van der Waals surface area contributed by atoms with Crippen LogP contribution in [0, 0.1) is 0 Å². The molecule has 0 spiro atoms. The molecule has 0 saturated heterocycles. The van der Waals surface area contributed by atoms with Crippen LogP contribution in [-0.2, 0) is 4.74 Å². The summed E-state index contributed by atoms with van der Waals surface area (Å²) in [7, 11) is 0. The minimum absolute atomic E-state index is 0.0608. The van der Waals surface area contributed by atoms with E-state index in [2.05, 4.69) is 0 Å². The molecule has 1 aliphatic carbocycles. The van der Waals surface area contributed by atoms with Gasteiger partial charge in [0.2, 0.25) is 0 Å². The molecule has 1 unspecified atom stereocenters. The fraction of sp³-hybridized carbons (Fsp3) is 0.800. The average molecular weight is 205 g/mol. The van der Waals surface area contributed by atoms with Gasteiger partial charge in [0.1, 0.15) is 0 Å². The summed E-state index contributed by atoms with van der Waals surface area (Å²) in [5, 5.41) is 0. The fourth-order valence-electron chi connectivity index (χ4n) is 1.52. The third kappa shape index (κ3) is 4.15. The van der Waals surface area contributed by atoms with E-state index in [1.165, 1.54) is 6.08 Å². The van der Waals surface area contributed by atoms with Crippen molar-refractivity contribution in [3.63, 3.8) is 0 Å². The minimum atomic E-state index is -2.66. The average Bonchev–Trinajstić information content (AvgIpc) is 2.12. The summed E-state index contributed by atoms with van der Waals surface area (Å²) in [6.07, 6.45) is 4.24. The molecule has 0 bridgehead atoms. The molecule has 0 saturated carbocycles. The fourth-order valence-corrected chi connectivity index (χ4v) is 1.52. The van der Waals surface area contributed by atoms with E-state index in [0.29, 0.717) is 26.0 Å². The third-order valence-electron chi connectivity index (χ3n) is 2.29. The molecule has 0 aromatic carbocycles. The predicted octanol–water partition coefficient (Wildman–Crippen LogP) is 2.10. The van der Waals surface area contributed by atoms with Crippen LogP contribution < -0.4 is 5.73 Å². The number of hydrogen-bond acceptors (Lipinski definition) is 2. The number of ether oxygens (including phenoxy) is 1. The maximum atomic E-state index is 13.0. The molecule has 4 heteroatoms. The van der Waals surface area contributed by atoms with Crippen LogP contribution in [0.2, 0.25) is 0 Å². The zero-order valence-electron chi connectivity index (χ0n) is 8.22. The topological polar surface area (TPSA) is 35.2 Å². The van der Waals surface area contributed by atoms with E-state index in [9.17, 15) is 8.78 Å². The number of rotatable bonds is 3. The minimum Gasteiger partial charge on any atom is -0.377 e. The summed E-state index contributed by atoms with van der Waals surface area (Å²) >= 11 is 0. The Bertz CT molecular complexity index is 195. The zero-order chi connectivity index (χ0) is 10.4. The Balaban J connectivity index is 2.39. The molecule has 0 heterocycles. The molecule has 0 aromatic rings. The second kappa shape index (κ2) is 5.41. The molecule has 0 aromatic heterocycles. The Morgan fingerprint density at radius 2 is 2.21 bits per heavy atom. The number of allylic oxidation sites excluding steroid dienone is 2. The van der Waals surface area contributed by atoms with Crippen molar-refractivity contribution < 1.29 is 13.5 Å². The van der Waals surface area contributed by atoms with Gasteiger partial charge in [-0.1, -0.05) is 6.08 Å². The van der Waals surface area contributed by atoms with E-state index < -0.39 is 5.92 Å². The first-order valence-electron chi connectivity index (χ1n) is 5.01. The van der Waals surface area contributed by atoms with Gasteiger partial charge in [-0.2, -0.15) is 0 Å². The van der Waals surface area contributed by atoms with Crippen molar-refractivity contribution in [2.75, 3.05) is 13.2 Å². The van der Waals surface area contributed by atoms with Crippen molar-refractivity contribution in [3.05, 3.63) is 12.2 Å². The van der Waals surface area contributed by atoms with Crippen LogP contribution in [0.25, 0.3) is 0 Å². The van der Waals surface area contributed by atoms with Gasteiger partial charge in [0.25, 0.3) is 5.92 Å². The summed E-state index contributed by atoms with van der Waals surface area (Å²) < 4.78 is 31.3. The number of nitrogens with two attached hydrogens (primary N) is 1. The van der Waals surface area contributed by atoms with Crippen LogP contribution in [0.1, 0.15) is 25.7 Å². The van der Waals surface area contributed by atoms with Gasteiger partial charge in [-0.05, 0) is 25.3 Å². The van der Waals surface area contributed by atoms with E-state index in [0.717, 1.165) is 12.5 Å². The van der Waals surface area contributed by atoms with E-state index in [4.69, 9.17) is 10.5 Å². The lowest BCUT2D eigenvalue weighted by Gasteiger charge is -2.21.